The molecule has 1 fully saturated rings. The molecule has 0 unspecified atom stereocenters. The van der Waals surface area contributed by atoms with Crippen LogP contribution in [0.5, 0.6) is 0 Å². The van der Waals surface area contributed by atoms with Crippen LogP contribution in [0.4, 0.5) is 0 Å². The number of morpholine rings is 1. The fourth-order valence-electron chi connectivity index (χ4n) is 3.45. The zero-order chi connectivity index (χ0) is 16.5. The number of aromatic amines is 1. The van der Waals surface area contributed by atoms with E-state index in [2.05, 4.69) is 15.2 Å². The minimum absolute atomic E-state index is 0.133. The normalized spacial score (nSPS) is 20.9. The lowest BCUT2D eigenvalue weighted by Crippen LogP contribution is -2.42. The maximum absolute atomic E-state index is 13.0. The highest BCUT2D eigenvalue weighted by atomic mass is 32.1. The molecule has 1 amide bonds. The quantitative estimate of drug-likeness (QED) is 0.927. The fourth-order valence-corrected chi connectivity index (χ4v) is 4.57. The molecule has 24 heavy (non-hydrogen) atoms. The summed E-state index contributed by atoms with van der Waals surface area (Å²) in [5.41, 5.74) is 2.19. The number of amides is 1. The number of fused-ring (bicyclic) bond motifs is 1. The van der Waals surface area contributed by atoms with Gasteiger partial charge in [0, 0.05) is 23.2 Å². The van der Waals surface area contributed by atoms with Gasteiger partial charge in [-0.2, -0.15) is 5.10 Å². The number of hydrogen-bond acceptors (Lipinski definition) is 5. The highest BCUT2D eigenvalue weighted by Gasteiger charge is 2.30. The second-order valence-electron chi connectivity index (χ2n) is 6.36. The van der Waals surface area contributed by atoms with E-state index in [1.165, 1.54) is 23.3 Å². The number of aromatic nitrogens is 3. The molecule has 1 N–H and O–H groups in total. The van der Waals surface area contributed by atoms with Crippen molar-refractivity contribution in [2.24, 2.45) is 0 Å². The molecule has 3 heterocycles. The maximum atomic E-state index is 13.0. The summed E-state index contributed by atoms with van der Waals surface area (Å²) in [5, 5.41) is 9.21. The summed E-state index contributed by atoms with van der Waals surface area (Å²) >= 11 is 1.74. The number of hydrogen-bond donors (Lipinski definition) is 1. The Morgan fingerprint density at radius 2 is 2.33 bits per heavy atom. The number of nitrogens with zero attached hydrogens (tertiary/aromatic N) is 3. The molecule has 6 nitrogen and oxygen atoms in total. The van der Waals surface area contributed by atoms with Gasteiger partial charge >= 0.3 is 0 Å². The minimum atomic E-state index is -0.242. The fraction of sp³-hybridized carbons (Fsp3) is 0.588. The molecule has 1 saturated heterocycles. The van der Waals surface area contributed by atoms with Gasteiger partial charge in [0.1, 0.15) is 11.9 Å². The number of nitrogens with one attached hydrogen (secondary N) is 1. The number of rotatable bonds is 3. The Balaban J connectivity index is 1.51. The van der Waals surface area contributed by atoms with E-state index in [0.29, 0.717) is 25.5 Å². The summed E-state index contributed by atoms with van der Waals surface area (Å²) < 4.78 is 5.80. The van der Waals surface area contributed by atoms with Crippen molar-refractivity contribution in [1.29, 1.82) is 0 Å². The van der Waals surface area contributed by atoms with Crippen LogP contribution in [0.2, 0.25) is 0 Å². The molecule has 7 heteroatoms. The predicted octanol–water partition coefficient (Wildman–Crippen LogP) is 2.52. The number of ether oxygens (including phenoxy) is 1. The summed E-state index contributed by atoms with van der Waals surface area (Å²) in [5.74, 6) is 1.63. The third-order valence-corrected chi connectivity index (χ3v) is 5.91. The molecule has 4 rings (SSSR count). The highest BCUT2D eigenvalue weighted by Crippen LogP contribution is 2.31. The molecule has 1 aliphatic heterocycles. The molecule has 128 valence electrons. The minimum Gasteiger partial charge on any atom is -0.366 e. The third kappa shape index (κ3) is 2.86. The Hall–Kier alpha value is -1.73. The number of aryl methyl sites for hydroxylation is 2. The van der Waals surface area contributed by atoms with E-state index in [0.717, 1.165) is 30.7 Å². The van der Waals surface area contributed by atoms with Gasteiger partial charge in [0.2, 0.25) is 0 Å². The smallest absolute Gasteiger partial charge is 0.255 e. The number of carbonyl (C=O) groups is 1. The summed E-state index contributed by atoms with van der Waals surface area (Å²) in [4.78, 5) is 20.7. The lowest BCUT2D eigenvalue weighted by molar-refractivity contribution is -0.0267. The molecular weight excluding hydrogens is 324 g/mol. The van der Waals surface area contributed by atoms with Crippen molar-refractivity contribution < 1.29 is 9.53 Å². The van der Waals surface area contributed by atoms with Crippen molar-refractivity contribution in [3.05, 3.63) is 33.0 Å². The summed E-state index contributed by atoms with van der Waals surface area (Å²) in [7, 11) is 0. The van der Waals surface area contributed by atoms with Gasteiger partial charge in [-0.3, -0.25) is 9.89 Å². The molecular formula is C17H22N4O2S. The first-order valence-corrected chi connectivity index (χ1v) is 9.55. The maximum Gasteiger partial charge on any atom is 0.255 e. The van der Waals surface area contributed by atoms with Gasteiger partial charge in [-0.25, -0.2) is 4.98 Å². The summed E-state index contributed by atoms with van der Waals surface area (Å²) in [6.45, 7) is 3.70. The molecule has 1 aliphatic carbocycles. The van der Waals surface area contributed by atoms with Crippen molar-refractivity contribution in [1.82, 2.24) is 20.1 Å². The summed E-state index contributed by atoms with van der Waals surface area (Å²) in [6.07, 6.45) is 5.15. The van der Waals surface area contributed by atoms with Crippen LogP contribution in [-0.4, -0.2) is 45.7 Å². The van der Waals surface area contributed by atoms with Gasteiger partial charge in [0.05, 0.1) is 18.7 Å². The van der Waals surface area contributed by atoms with Crippen molar-refractivity contribution >= 4 is 17.2 Å². The van der Waals surface area contributed by atoms with Crippen LogP contribution < -0.4 is 0 Å². The largest absolute Gasteiger partial charge is 0.366 e. The van der Waals surface area contributed by atoms with Gasteiger partial charge in [-0.05, 0) is 31.2 Å². The molecule has 2 aliphatic rings. The number of thiophene rings is 1. The average Bonchev–Trinajstić information content (AvgIpc) is 3.28. The van der Waals surface area contributed by atoms with E-state index in [9.17, 15) is 4.79 Å². The average molecular weight is 346 g/mol. The Kier molecular flexibility index (Phi) is 4.37. The monoisotopic (exact) mass is 346 g/mol. The zero-order valence-corrected chi connectivity index (χ0v) is 14.7. The van der Waals surface area contributed by atoms with Crippen LogP contribution in [0.25, 0.3) is 0 Å². The first kappa shape index (κ1) is 15.8. The molecule has 0 radical (unpaired) electrons. The van der Waals surface area contributed by atoms with Crippen molar-refractivity contribution in [2.75, 3.05) is 19.7 Å². The van der Waals surface area contributed by atoms with E-state index in [1.807, 2.05) is 17.2 Å². The molecule has 2 aromatic rings. The van der Waals surface area contributed by atoms with Crippen molar-refractivity contribution in [3.63, 3.8) is 0 Å². The van der Waals surface area contributed by atoms with E-state index in [1.54, 1.807) is 11.3 Å². The van der Waals surface area contributed by atoms with Crippen molar-refractivity contribution in [3.8, 4) is 0 Å². The first-order chi connectivity index (χ1) is 11.8. The van der Waals surface area contributed by atoms with Gasteiger partial charge in [-0.15, -0.1) is 11.3 Å². The van der Waals surface area contributed by atoms with Gasteiger partial charge in [0.15, 0.2) is 5.82 Å². The Morgan fingerprint density at radius 1 is 1.46 bits per heavy atom. The lowest BCUT2D eigenvalue weighted by Gasteiger charge is -2.32. The predicted molar refractivity (Wildman–Crippen MR) is 91.3 cm³/mol. The van der Waals surface area contributed by atoms with Gasteiger partial charge < -0.3 is 9.64 Å². The van der Waals surface area contributed by atoms with Gasteiger partial charge in [0.25, 0.3) is 5.91 Å². The molecule has 0 spiro atoms. The molecule has 1 atom stereocenters. The Labute approximate surface area is 145 Å². The number of H-pyrrole nitrogens is 1. The van der Waals surface area contributed by atoms with E-state index in [-0.39, 0.29) is 12.0 Å². The summed E-state index contributed by atoms with van der Waals surface area (Å²) in [6, 6.07) is 0. The van der Waals surface area contributed by atoms with Crippen LogP contribution >= 0.6 is 11.3 Å². The SMILES string of the molecule is CCc1nc([C@@H]2CN(C(=O)c3csc4c3CCCC4)CCO2)n[nH]1. The van der Waals surface area contributed by atoms with E-state index < -0.39 is 0 Å². The lowest BCUT2D eigenvalue weighted by atomic mass is 9.95. The Bertz CT molecular complexity index is 739. The van der Waals surface area contributed by atoms with Crippen LogP contribution in [0, 0.1) is 0 Å². The van der Waals surface area contributed by atoms with E-state index in [4.69, 9.17) is 4.74 Å². The van der Waals surface area contributed by atoms with Crippen LogP contribution in [0.3, 0.4) is 0 Å². The van der Waals surface area contributed by atoms with Gasteiger partial charge in [-0.1, -0.05) is 6.92 Å². The molecule has 0 aromatic carbocycles. The first-order valence-electron chi connectivity index (χ1n) is 8.67. The molecule has 0 bridgehead atoms. The van der Waals surface area contributed by atoms with Crippen molar-refractivity contribution in [2.45, 2.75) is 45.1 Å². The second kappa shape index (κ2) is 6.64. The standard InChI is InChI=1S/C17H22N4O2S/c1-2-15-18-16(20-19-15)13-9-21(7-8-23-13)17(22)12-10-24-14-6-4-3-5-11(12)14/h10,13H,2-9H2,1H3,(H,18,19,20)/t13-/m0/s1. The zero-order valence-electron chi connectivity index (χ0n) is 13.9. The van der Waals surface area contributed by atoms with Crippen LogP contribution in [-0.2, 0) is 24.0 Å². The molecule has 0 saturated carbocycles. The second-order valence-corrected chi connectivity index (χ2v) is 7.33. The van der Waals surface area contributed by atoms with Crippen LogP contribution in [0.15, 0.2) is 5.38 Å². The number of carbonyl (C=O) groups excluding carboxylic acids is 1. The topological polar surface area (TPSA) is 71.1 Å². The van der Waals surface area contributed by atoms with Crippen LogP contribution in [0.1, 0.15) is 58.3 Å². The Morgan fingerprint density at radius 3 is 3.17 bits per heavy atom. The highest BCUT2D eigenvalue weighted by molar-refractivity contribution is 7.10. The third-order valence-electron chi connectivity index (χ3n) is 4.82. The molecule has 2 aromatic heterocycles. The van der Waals surface area contributed by atoms with E-state index >= 15 is 0 Å².